The van der Waals surface area contributed by atoms with Gasteiger partial charge in [0.2, 0.25) is 0 Å². The molecule has 0 spiro atoms. The normalized spacial score (nSPS) is 11.0. The van der Waals surface area contributed by atoms with Crippen LogP contribution in [0, 0.1) is 58.8 Å². The van der Waals surface area contributed by atoms with Gasteiger partial charge < -0.3 is 9.13 Å². The zero-order valence-electron chi connectivity index (χ0n) is 38.9. The van der Waals surface area contributed by atoms with Crippen LogP contribution in [0.2, 0.25) is 0 Å². The van der Waals surface area contributed by atoms with Crippen molar-refractivity contribution in [3.05, 3.63) is 251 Å². The number of nitrogens with zero attached hydrogens (tertiary/aromatic N) is 7. The Labute approximate surface area is 423 Å². The zero-order chi connectivity index (χ0) is 50.6. The number of rotatable bonds is 7. The molecule has 10 aromatic carbocycles. The van der Waals surface area contributed by atoms with Gasteiger partial charge in [-0.25, -0.2) is 18.5 Å². The topological polar surface area (TPSA) is 89.9 Å². The van der Waals surface area contributed by atoms with Gasteiger partial charge in [-0.2, -0.15) is 15.8 Å². The van der Waals surface area contributed by atoms with Crippen molar-refractivity contribution in [2.24, 2.45) is 0 Å². The van der Waals surface area contributed by atoms with Crippen LogP contribution in [-0.2, 0) is 0 Å². The Morgan fingerprint density at radius 2 is 0.689 bits per heavy atom. The summed E-state index contributed by atoms with van der Waals surface area (Å²) in [5.74, 6) is -1.57. The van der Waals surface area contributed by atoms with E-state index in [1.54, 1.807) is 36.4 Å². The minimum Gasteiger partial charge on any atom is -0.308 e. The van der Waals surface area contributed by atoms with Crippen molar-refractivity contribution in [3.8, 4) is 85.2 Å². The molecule has 0 atom stereocenters. The lowest BCUT2D eigenvalue weighted by Gasteiger charge is -2.19. The lowest BCUT2D eigenvalue weighted by molar-refractivity contribution is 0.584. The summed E-state index contributed by atoms with van der Waals surface area (Å²) < 4.78 is 35.0. The predicted octanol–water partition coefficient (Wildman–Crippen LogP) is 17.2. The minimum absolute atomic E-state index is 0.216. The molecule has 0 saturated carbocycles. The van der Waals surface area contributed by atoms with Gasteiger partial charge in [0.25, 0.3) is 0 Å². The van der Waals surface area contributed by atoms with Gasteiger partial charge in [0.15, 0.2) is 11.4 Å². The van der Waals surface area contributed by atoms with Crippen molar-refractivity contribution < 1.29 is 8.78 Å². The Balaban J connectivity index is 1.26. The summed E-state index contributed by atoms with van der Waals surface area (Å²) in [7, 11) is 0. The Hall–Kier alpha value is -10.9. The van der Waals surface area contributed by atoms with E-state index < -0.39 is 11.6 Å². The van der Waals surface area contributed by atoms with Gasteiger partial charge in [-0.05, 0) is 116 Å². The maximum Gasteiger partial charge on any atom is 0.194 e. The highest BCUT2D eigenvalue weighted by molar-refractivity contribution is 6.14. The monoisotopic (exact) mass is 949 g/mol. The number of fused-ring (bicyclic) bond motifs is 6. The fourth-order valence-electron chi connectivity index (χ4n) is 10.5. The second-order valence-electron chi connectivity index (χ2n) is 17.8. The van der Waals surface area contributed by atoms with Crippen LogP contribution in [0.3, 0.4) is 0 Å². The van der Waals surface area contributed by atoms with Crippen molar-refractivity contribution in [2.75, 3.05) is 0 Å². The largest absolute Gasteiger partial charge is 0.308 e. The molecule has 2 heterocycles. The number of para-hydroxylation sites is 2. The number of aromatic nitrogens is 2. The van der Waals surface area contributed by atoms with E-state index in [9.17, 15) is 15.8 Å². The van der Waals surface area contributed by atoms with Crippen molar-refractivity contribution in [1.82, 2.24) is 9.13 Å². The number of hydrogen-bond donors (Lipinski definition) is 0. The van der Waals surface area contributed by atoms with Gasteiger partial charge in [-0.15, -0.1) is 0 Å². The van der Waals surface area contributed by atoms with E-state index in [0.29, 0.717) is 83.8 Å². The fourth-order valence-corrected chi connectivity index (χ4v) is 10.5. The number of hydrogen-bond acceptors (Lipinski definition) is 3. The van der Waals surface area contributed by atoms with Crippen molar-refractivity contribution >= 4 is 55.0 Å². The second kappa shape index (κ2) is 17.8. The van der Waals surface area contributed by atoms with Crippen molar-refractivity contribution in [2.45, 2.75) is 0 Å². The summed E-state index contributed by atoms with van der Waals surface area (Å²) in [5.41, 5.74) is 12.1. The van der Waals surface area contributed by atoms with E-state index in [4.69, 9.17) is 13.1 Å². The minimum atomic E-state index is -0.783. The third kappa shape index (κ3) is 7.20. The van der Waals surface area contributed by atoms with Gasteiger partial charge >= 0.3 is 0 Å². The molecule has 7 nitrogen and oxygen atoms in total. The van der Waals surface area contributed by atoms with E-state index >= 15 is 8.78 Å². The van der Waals surface area contributed by atoms with E-state index in [-0.39, 0.29) is 11.1 Å². The SMILES string of the molecule is [C-]#[N+]c1ccccc1-c1ccc2c3ccc(-c4ccccc4C#N)cc3n(-c3cc(-c4cc(F)cc(F)c4)cc(-n4c5cc(-c6ccccc6C#N)ccc5c5ccc(-c6ccccc6[N+]#[C-])cc54)c3C#N)c2c1. The molecule has 0 saturated heterocycles. The molecule has 12 rings (SSSR count). The van der Waals surface area contributed by atoms with Crippen LogP contribution in [0.25, 0.3) is 120 Å². The molecule has 0 amide bonds. The highest BCUT2D eigenvalue weighted by Gasteiger charge is 2.25. The van der Waals surface area contributed by atoms with E-state index in [2.05, 4.69) is 27.9 Å². The standard InChI is InChI=1S/C65H33F2N7/c1-71-58-17-9-7-15-51(58)41-21-25-55-53-23-19-39(49-13-5-3-11-43(49)36-68)29-60(53)73(62(55)31-41)64-33-46(45-27-47(66)35-48(67)28-45)34-65(57(64)38-70)74-61-30-40(50-14-6-4-12-44(50)37-69)20-24-54(61)56-26-22-42(32-63(56)74)52-16-8-10-18-59(52)72-2/h3-35H. The number of halogens is 2. The van der Waals surface area contributed by atoms with Crippen LogP contribution in [0.1, 0.15) is 16.7 Å². The first-order valence-electron chi connectivity index (χ1n) is 23.4. The third-order valence-electron chi connectivity index (χ3n) is 13.8. The summed E-state index contributed by atoms with van der Waals surface area (Å²) in [6.45, 7) is 16.1. The predicted molar refractivity (Wildman–Crippen MR) is 289 cm³/mol. The molecule has 0 aliphatic carbocycles. The van der Waals surface area contributed by atoms with Crippen LogP contribution >= 0.6 is 0 Å². The molecule has 0 radical (unpaired) electrons. The van der Waals surface area contributed by atoms with E-state index in [1.807, 2.05) is 155 Å². The van der Waals surface area contributed by atoms with Gasteiger partial charge in [0.1, 0.15) is 23.3 Å². The first kappa shape index (κ1) is 44.3. The Morgan fingerprint density at radius 1 is 0.351 bits per heavy atom. The molecule has 0 aliphatic heterocycles. The van der Waals surface area contributed by atoms with E-state index in [0.717, 1.165) is 49.9 Å². The third-order valence-corrected chi connectivity index (χ3v) is 13.8. The van der Waals surface area contributed by atoms with E-state index in [1.165, 1.54) is 12.1 Å². The second-order valence-corrected chi connectivity index (χ2v) is 17.8. The summed E-state index contributed by atoms with van der Waals surface area (Å²) in [5, 5.41) is 35.7. The Morgan fingerprint density at radius 3 is 1.05 bits per heavy atom. The molecule has 12 aromatic rings. The van der Waals surface area contributed by atoms with Gasteiger partial charge in [0.05, 0.1) is 69.9 Å². The molecule has 0 bridgehead atoms. The van der Waals surface area contributed by atoms with Gasteiger partial charge in [-0.1, -0.05) is 133 Å². The number of benzene rings is 10. The molecule has 2 aromatic heterocycles. The molecule has 0 N–H and O–H groups in total. The summed E-state index contributed by atoms with van der Waals surface area (Å²) >= 11 is 0. The first-order chi connectivity index (χ1) is 36.3. The Bertz CT molecular complexity index is 4090. The highest BCUT2D eigenvalue weighted by atomic mass is 19.1. The van der Waals surface area contributed by atoms with Crippen molar-refractivity contribution in [1.29, 1.82) is 15.8 Å². The molecule has 0 unspecified atom stereocenters. The van der Waals surface area contributed by atoms with Gasteiger partial charge in [0, 0.05) is 27.6 Å². The van der Waals surface area contributed by atoms with Crippen LogP contribution in [0.5, 0.6) is 0 Å². The molecule has 9 heteroatoms. The summed E-state index contributed by atoms with van der Waals surface area (Å²) in [6.07, 6.45) is 0. The van der Waals surface area contributed by atoms with Crippen LogP contribution in [0.15, 0.2) is 200 Å². The highest BCUT2D eigenvalue weighted by Crippen LogP contribution is 2.45. The first-order valence-corrected chi connectivity index (χ1v) is 23.4. The maximum atomic E-state index is 15.5. The van der Waals surface area contributed by atoms with Crippen molar-refractivity contribution in [3.63, 3.8) is 0 Å². The van der Waals surface area contributed by atoms with Crippen LogP contribution < -0.4 is 0 Å². The molecule has 0 fully saturated rings. The van der Waals surface area contributed by atoms with Crippen LogP contribution in [-0.4, -0.2) is 9.13 Å². The van der Waals surface area contributed by atoms with Crippen LogP contribution in [0.4, 0.5) is 20.2 Å². The molecular formula is C65H33F2N7. The summed E-state index contributed by atoms with van der Waals surface area (Å²) in [4.78, 5) is 7.68. The average molecular weight is 950 g/mol. The lowest BCUT2D eigenvalue weighted by atomic mass is 9.98. The Kier molecular flexibility index (Phi) is 10.7. The smallest absolute Gasteiger partial charge is 0.194 e. The fraction of sp³-hybridized carbons (Fsp3) is 0. The average Bonchev–Trinajstić information content (AvgIpc) is 3.96. The maximum absolute atomic E-state index is 15.5. The quantitative estimate of drug-likeness (QED) is 0.149. The molecule has 74 heavy (non-hydrogen) atoms. The number of nitriles is 3. The van der Waals surface area contributed by atoms with Gasteiger partial charge in [-0.3, -0.25) is 0 Å². The molecule has 342 valence electrons. The zero-order valence-corrected chi connectivity index (χ0v) is 38.9. The molecule has 0 aliphatic rings. The summed E-state index contributed by atoms with van der Waals surface area (Å²) in [6, 6.07) is 67.5. The molecular weight excluding hydrogens is 917 g/mol. The lowest BCUT2D eigenvalue weighted by Crippen LogP contribution is -2.06.